The molecule has 5 rings (SSSR count). The number of carboxylic acid groups (broad SMARTS) is 1. The summed E-state index contributed by atoms with van der Waals surface area (Å²) in [7, 11) is 2.81. The van der Waals surface area contributed by atoms with E-state index in [0.717, 1.165) is 10.5 Å². The Hall–Kier alpha value is -3.99. The molecule has 0 radical (unpaired) electrons. The number of carboxylic acids is 1. The number of amides is 2. The van der Waals surface area contributed by atoms with Gasteiger partial charge in [-0.2, -0.15) is 0 Å². The van der Waals surface area contributed by atoms with Crippen LogP contribution in [-0.2, 0) is 24.0 Å². The minimum Gasteiger partial charge on any atom is -0.502 e. The molecule has 2 amide bonds. The zero-order chi connectivity index (χ0) is 28.9. The number of aliphatic carboxylic acids is 1. The number of nitrogens with zero attached hydrogens (tertiary/aromatic N) is 1. The number of imide groups is 1. The van der Waals surface area contributed by atoms with Gasteiger partial charge in [0.05, 0.1) is 37.0 Å². The van der Waals surface area contributed by atoms with E-state index in [2.05, 4.69) is 15.9 Å². The molecule has 4 aliphatic rings. The number of fused-ring (bicyclic) bond motifs is 3. The van der Waals surface area contributed by atoms with Crippen molar-refractivity contribution in [1.82, 2.24) is 4.90 Å². The number of hydrogen-bond donors (Lipinski definition) is 2. The molecule has 11 heteroatoms. The largest absolute Gasteiger partial charge is 0.502 e. The molecule has 0 spiro atoms. The molecule has 3 aliphatic carbocycles. The van der Waals surface area contributed by atoms with Gasteiger partial charge >= 0.3 is 5.97 Å². The van der Waals surface area contributed by atoms with Crippen LogP contribution >= 0.6 is 15.9 Å². The topological polar surface area (TPSA) is 148 Å². The van der Waals surface area contributed by atoms with E-state index in [0.29, 0.717) is 16.7 Å². The summed E-state index contributed by atoms with van der Waals surface area (Å²) in [5.41, 5.74) is 1.98. The molecule has 4 unspecified atom stereocenters. The highest BCUT2D eigenvalue weighted by molar-refractivity contribution is 9.12. The number of rotatable bonds is 7. The van der Waals surface area contributed by atoms with E-state index in [4.69, 9.17) is 14.6 Å². The highest BCUT2D eigenvalue weighted by Gasteiger charge is 2.55. The van der Waals surface area contributed by atoms with E-state index in [1.807, 2.05) is 6.08 Å². The number of ketones is 2. The Morgan fingerprint density at radius 2 is 1.77 bits per heavy atom. The van der Waals surface area contributed by atoms with Crippen LogP contribution in [0.3, 0.4) is 0 Å². The minimum absolute atomic E-state index is 0.118. The molecule has 208 valence electrons. The van der Waals surface area contributed by atoms with Gasteiger partial charge < -0.3 is 19.7 Å². The zero-order valence-corrected chi connectivity index (χ0v) is 23.3. The molecule has 4 atom stereocenters. The van der Waals surface area contributed by atoms with E-state index < -0.39 is 41.5 Å². The number of aromatic hydroxyl groups is 1. The fourth-order valence-electron chi connectivity index (χ4n) is 6.19. The van der Waals surface area contributed by atoms with Gasteiger partial charge in [0.15, 0.2) is 23.1 Å². The number of likely N-dealkylation sites (tertiary alicyclic amines) is 1. The second-order valence-electron chi connectivity index (χ2n) is 10.0. The number of benzene rings is 1. The summed E-state index contributed by atoms with van der Waals surface area (Å²) in [6.07, 6.45) is 6.64. The first-order valence-electron chi connectivity index (χ1n) is 12.7. The standard InChI is InChI=1S/C29H26BrNO9/c1-39-21-9-13(10-22(40-2)27(21)36)3-4-15-14-5-6-16-25(29(38)31(28(16)37)8-7-23(33)34)17(14)11-18-24(15)20(32)12-19(30)26(18)35/h3-5,9-10,12,15-17,25,36H,6-8,11H2,1-2H3,(H,33,34). The molecular formula is C29H26BrNO9. The van der Waals surface area contributed by atoms with Crippen molar-refractivity contribution in [1.29, 1.82) is 0 Å². The molecule has 1 saturated heterocycles. The van der Waals surface area contributed by atoms with Crippen LogP contribution in [0, 0.1) is 23.7 Å². The highest BCUT2D eigenvalue weighted by atomic mass is 79.9. The average molecular weight is 612 g/mol. The van der Waals surface area contributed by atoms with Crippen LogP contribution < -0.4 is 9.47 Å². The van der Waals surface area contributed by atoms with Crippen molar-refractivity contribution in [3.8, 4) is 17.2 Å². The number of ether oxygens (including phenoxy) is 2. The maximum Gasteiger partial charge on any atom is 0.305 e. The Balaban J connectivity index is 1.57. The minimum atomic E-state index is -1.11. The van der Waals surface area contributed by atoms with Crippen LogP contribution in [0.25, 0.3) is 6.08 Å². The third-order valence-electron chi connectivity index (χ3n) is 8.00. The molecule has 0 aromatic heterocycles. The molecule has 1 heterocycles. The molecule has 1 aromatic rings. The van der Waals surface area contributed by atoms with Crippen LogP contribution in [-0.4, -0.2) is 65.2 Å². The summed E-state index contributed by atoms with van der Waals surface area (Å²) < 4.78 is 10.6. The number of halogens is 1. The molecule has 0 saturated carbocycles. The Labute approximate surface area is 237 Å². The van der Waals surface area contributed by atoms with Crippen molar-refractivity contribution in [2.75, 3.05) is 20.8 Å². The molecule has 0 bridgehead atoms. The maximum atomic E-state index is 13.5. The summed E-state index contributed by atoms with van der Waals surface area (Å²) in [5.74, 6) is -5.00. The molecule has 10 nitrogen and oxygen atoms in total. The number of carbonyl (C=O) groups excluding carboxylic acids is 4. The smallest absolute Gasteiger partial charge is 0.305 e. The summed E-state index contributed by atoms with van der Waals surface area (Å²) in [6.45, 7) is -0.213. The lowest BCUT2D eigenvalue weighted by molar-refractivity contribution is -0.142. The van der Waals surface area contributed by atoms with E-state index in [-0.39, 0.29) is 59.1 Å². The van der Waals surface area contributed by atoms with Crippen LogP contribution in [0.15, 0.2) is 51.6 Å². The first-order chi connectivity index (χ1) is 19.1. The van der Waals surface area contributed by atoms with Gasteiger partial charge in [0, 0.05) is 29.7 Å². The molecule has 1 fully saturated rings. The second kappa shape index (κ2) is 10.5. The number of methoxy groups -OCH3 is 2. The Morgan fingerprint density at radius 1 is 1.10 bits per heavy atom. The second-order valence-corrected chi connectivity index (χ2v) is 10.9. The van der Waals surface area contributed by atoms with E-state index in [9.17, 15) is 29.1 Å². The average Bonchev–Trinajstić information content (AvgIpc) is 3.18. The third-order valence-corrected chi connectivity index (χ3v) is 8.59. The van der Waals surface area contributed by atoms with Crippen molar-refractivity contribution in [2.45, 2.75) is 19.3 Å². The van der Waals surface area contributed by atoms with E-state index in [1.165, 1.54) is 20.3 Å². The summed E-state index contributed by atoms with van der Waals surface area (Å²) >= 11 is 3.19. The molecule has 40 heavy (non-hydrogen) atoms. The van der Waals surface area contributed by atoms with Crippen molar-refractivity contribution in [2.24, 2.45) is 23.7 Å². The SMILES string of the molecule is COc1cc(C=CC2C3=CCC4C(=O)N(CCC(=O)O)C(=O)C4C3CC3=C2C(=O)C=C(Br)C3=O)cc(OC)c1O. The molecule has 1 aromatic carbocycles. The lowest BCUT2D eigenvalue weighted by Gasteiger charge is -2.41. The summed E-state index contributed by atoms with van der Waals surface area (Å²) in [4.78, 5) is 65.2. The predicted octanol–water partition coefficient (Wildman–Crippen LogP) is 3.19. The van der Waals surface area contributed by atoms with E-state index >= 15 is 0 Å². The first-order valence-corrected chi connectivity index (χ1v) is 13.5. The number of phenolic OH excluding ortho intramolecular Hbond substituents is 1. The molecular weight excluding hydrogens is 586 g/mol. The van der Waals surface area contributed by atoms with Gasteiger partial charge in [0.25, 0.3) is 0 Å². The van der Waals surface area contributed by atoms with Gasteiger partial charge in [-0.05, 0) is 52.4 Å². The third kappa shape index (κ3) is 4.47. The van der Waals surface area contributed by atoms with Gasteiger partial charge in [-0.3, -0.25) is 28.9 Å². The highest BCUT2D eigenvalue weighted by Crippen LogP contribution is 2.53. The molecule has 1 aliphatic heterocycles. The van der Waals surface area contributed by atoms with E-state index in [1.54, 1.807) is 24.3 Å². The van der Waals surface area contributed by atoms with Gasteiger partial charge in [-0.25, -0.2) is 0 Å². The van der Waals surface area contributed by atoms with Crippen LogP contribution in [0.4, 0.5) is 0 Å². The fraction of sp³-hybridized carbons (Fsp3) is 0.345. The lowest BCUT2D eigenvalue weighted by Crippen LogP contribution is -2.40. The van der Waals surface area contributed by atoms with Crippen molar-refractivity contribution < 1.29 is 43.7 Å². The number of hydrogen-bond acceptors (Lipinski definition) is 8. The number of allylic oxidation sites excluding steroid dienone is 7. The van der Waals surface area contributed by atoms with Crippen molar-refractivity contribution in [3.05, 3.63) is 57.1 Å². The van der Waals surface area contributed by atoms with Crippen molar-refractivity contribution in [3.63, 3.8) is 0 Å². The molecule has 2 N–H and O–H groups in total. The van der Waals surface area contributed by atoms with Gasteiger partial charge in [0.2, 0.25) is 17.6 Å². The summed E-state index contributed by atoms with van der Waals surface area (Å²) in [6, 6.07) is 3.19. The van der Waals surface area contributed by atoms with Gasteiger partial charge in [-0.15, -0.1) is 0 Å². The van der Waals surface area contributed by atoms with Crippen LogP contribution in [0.1, 0.15) is 24.8 Å². The number of phenols is 1. The Bertz CT molecular complexity index is 1460. The quantitative estimate of drug-likeness (QED) is 0.269. The van der Waals surface area contributed by atoms with Crippen LogP contribution in [0.5, 0.6) is 17.2 Å². The maximum absolute atomic E-state index is 13.5. The Morgan fingerprint density at radius 3 is 2.40 bits per heavy atom. The van der Waals surface area contributed by atoms with Crippen LogP contribution in [0.2, 0.25) is 0 Å². The fourth-order valence-corrected chi connectivity index (χ4v) is 6.64. The monoisotopic (exact) mass is 611 g/mol. The Kier molecular flexibility index (Phi) is 7.26. The summed E-state index contributed by atoms with van der Waals surface area (Å²) in [5, 5.41) is 19.4. The van der Waals surface area contributed by atoms with Gasteiger partial charge in [-0.1, -0.05) is 23.8 Å². The number of Topliss-reactive ketones (excluding diaryl/α,β-unsaturated/α-hetero) is 1. The normalized spacial score (nSPS) is 25.9. The first kappa shape index (κ1) is 27.6. The lowest BCUT2D eigenvalue weighted by atomic mass is 9.61. The zero-order valence-electron chi connectivity index (χ0n) is 21.7. The van der Waals surface area contributed by atoms with Gasteiger partial charge in [0.1, 0.15) is 0 Å². The van der Waals surface area contributed by atoms with Crippen molar-refractivity contribution >= 4 is 51.4 Å². The predicted molar refractivity (Wildman–Crippen MR) is 145 cm³/mol. The number of carbonyl (C=O) groups is 5.